The van der Waals surface area contributed by atoms with Crippen LogP contribution >= 0.6 is 0 Å². The summed E-state index contributed by atoms with van der Waals surface area (Å²) < 4.78 is 5.17. The number of carbonyl (C=O) groups excluding carboxylic acids is 2. The van der Waals surface area contributed by atoms with E-state index >= 15 is 0 Å². The highest BCUT2D eigenvalue weighted by molar-refractivity contribution is 5.97. The van der Waals surface area contributed by atoms with Crippen LogP contribution in [0.3, 0.4) is 0 Å². The number of amides is 2. The van der Waals surface area contributed by atoms with E-state index in [2.05, 4.69) is 10.6 Å². The highest BCUT2D eigenvalue weighted by atomic mass is 16.3. The van der Waals surface area contributed by atoms with Crippen LogP contribution in [0, 0.1) is 5.92 Å². The van der Waals surface area contributed by atoms with Gasteiger partial charge in [-0.15, -0.1) is 0 Å². The lowest BCUT2D eigenvalue weighted by Gasteiger charge is -2.21. The molecule has 0 saturated heterocycles. The Morgan fingerprint density at radius 2 is 1.82 bits per heavy atom. The van der Waals surface area contributed by atoms with E-state index in [1.807, 2.05) is 19.9 Å². The molecule has 5 nitrogen and oxygen atoms in total. The Balaban J connectivity index is 1.97. The van der Waals surface area contributed by atoms with Gasteiger partial charge in [0.05, 0.1) is 12.8 Å². The Morgan fingerprint density at radius 1 is 1.09 bits per heavy atom. The second-order valence-electron chi connectivity index (χ2n) is 5.36. The van der Waals surface area contributed by atoms with Crippen LogP contribution in [-0.4, -0.2) is 17.9 Å². The molecular weight excluding hydrogens is 280 g/mol. The zero-order chi connectivity index (χ0) is 15.9. The van der Waals surface area contributed by atoms with E-state index < -0.39 is 6.04 Å². The molecule has 0 fully saturated rings. The van der Waals surface area contributed by atoms with Gasteiger partial charge in [0.15, 0.2) is 0 Å². The summed E-state index contributed by atoms with van der Waals surface area (Å²) in [6.45, 7) is 4.08. The van der Waals surface area contributed by atoms with E-state index in [1.54, 1.807) is 42.7 Å². The van der Waals surface area contributed by atoms with Crippen molar-refractivity contribution in [2.75, 3.05) is 0 Å². The maximum Gasteiger partial charge on any atom is 0.251 e. The van der Waals surface area contributed by atoms with Crippen LogP contribution in [0.25, 0.3) is 0 Å². The minimum absolute atomic E-state index is 0.0238. The van der Waals surface area contributed by atoms with Gasteiger partial charge in [-0.3, -0.25) is 9.59 Å². The van der Waals surface area contributed by atoms with Gasteiger partial charge >= 0.3 is 0 Å². The first-order valence-electron chi connectivity index (χ1n) is 7.24. The fourth-order valence-corrected chi connectivity index (χ4v) is 2.05. The predicted octanol–water partition coefficient (Wildman–Crippen LogP) is 2.35. The molecular formula is C17H20N2O3. The van der Waals surface area contributed by atoms with Gasteiger partial charge in [-0.1, -0.05) is 32.0 Å². The van der Waals surface area contributed by atoms with Crippen molar-refractivity contribution in [3.63, 3.8) is 0 Å². The first-order valence-corrected chi connectivity index (χ1v) is 7.24. The average molecular weight is 300 g/mol. The summed E-state index contributed by atoms with van der Waals surface area (Å²) in [6, 6.07) is 11.8. The average Bonchev–Trinajstić information content (AvgIpc) is 3.04. The molecule has 2 aromatic rings. The summed E-state index contributed by atoms with van der Waals surface area (Å²) in [5.74, 6) is 0.164. The molecule has 1 aromatic heterocycles. The largest absolute Gasteiger partial charge is 0.467 e. The third-order valence-electron chi connectivity index (χ3n) is 3.29. The van der Waals surface area contributed by atoms with Gasteiger partial charge in [-0.25, -0.2) is 0 Å². The van der Waals surface area contributed by atoms with E-state index in [0.717, 1.165) is 0 Å². The molecule has 0 aliphatic carbocycles. The number of carbonyl (C=O) groups is 2. The maximum atomic E-state index is 12.3. The molecule has 0 saturated carbocycles. The Hall–Kier alpha value is -2.56. The molecule has 0 bridgehead atoms. The number of hydrogen-bond acceptors (Lipinski definition) is 3. The third kappa shape index (κ3) is 4.22. The maximum absolute atomic E-state index is 12.3. The summed E-state index contributed by atoms with van der Waals surface area (Å²) in [7, 11) is 0. The van der Waals surface area contributed by atoms with Crippen molar-refractivity contribution in [1.82, 2.24) is 10.6 Å². The van der Waals surface area contributed by atoms with Gasteiger partial charge < -0.3 is 15.1 Å². The van der Waals surface area contributed by atoms with Crippen LogP contribution in [0.15, 0.2) is 53.1 Å². The molecule has 5 heteroatoms. The van der Waals surface area contributed by atoms with Crippen molar-refractivity contribution in [1.29, 1.82) is 0 Å². The highest BCUT2D eigenvalue weighted by Gasteiger charge is 2.24. The van der Waals surface area contributed by atoms with Crippen LogP contribution in [0.1, 0.15) is 30.0 Å². The summed E-state index contributed by atoms with van der Waals surface area (Å²) in [5.41, 5.74) is 0.534. The van der Waals surface area contributed by atoms with Crippen LogP contribution in [0.2, 0.25) is 0 Å². The van der Waals surface area contributed by atoms with Crippen molar-refractivity contribution in [3.8, 4) is 0 Å². The number of benzene rings is 1. The minimum Gasteiger partial charge on any atom is -0.467 e. The summed E-state index contributed by atoms with van der Waals surface area (Å²) in [6.07, 6.45) is 1.55. The van der Waals surface area contributed by atoms with Crippen LogP contribution < -0.4 is 10.6 Å². The lowest BCUT2D eigenvalue weighted by atomic mass is 10.0. The molecule has 2 amide bonds. The second-order valence-corrected chi connectivity index (χ2v) is 5.36. The fourth-order valence-electron chi connectivity index (χ4n) is 2.05. The topological polar surface area (TPSA) is 71.3 Å². The van der Waals surface area contributed by atoms with Crippen molar-refractivity contribution < 1.29 is 14.0 Å². The van der Waals surface area contributed by atoms with Gasteiger partial charge in [0.2, 0.25) is 5.91 Å². The molecule has 2 N–H and O–H groups in total. The zero-order valence-electron chi connectivity index (χ0n) is 12.7. The molecule has 2 rings (SSSR count). The lowest BCUT2D eigenvalue weighted by Crippen LogP contribution is -2.49. The third-order valence-corrected chi connectivity index (χ3v) is 3.29. The van der Waals surface area contributed by atoms with E-state index in [4.69, 9.17) is 4.42 Å². The van der Waals surface area contributed by atoms with Crippen molar-refractivity contribution >= 4 is 11.8 Å². The molecule has 0 aliphatic heterocycles. The first-order chi connectivity index (χ1) is 10.6. The fraction of sp³-hybridized carbons (Fsp3) is 0.294. The highest BCUT2D eigenvalue weighted by Crippen LogP contribution is 2.06. The molecule has 0 spiro atoms. The Labute approximate surface area is 129 Å². The number of rotatable bonds is 6. The summed E-state index contributed by atoms with van der Waals surface area (Å²) in [4.78, 5) is 24.5. The standard InChI is InChI=1S/C17H20N2O3/c1-12(2)15(17(21)18-11-14-9-6-10-22-14)19-16(20)13-7-4-3-5-8-13/h3-10,12,15H,11H2,1-2H3,(H,18,21)(H,19,20). The van der Waals surface area contributed by atoms with Gasteiger partial charge in [-0.2, -0.15) is 0 Å². The number of hydrogen-bond donors (Lipinski definition) is 2. The molecule has 0 aliphatic rings. The molecule has 0 radical (unpaired) electrons. The lowest BCUT2D eigenvalue weighted by molar-refractivity contribution is -0.124. The van der Waals surface area contributed by atoms with E-state index in [9.17, 15) is 9.59 Å². The zero-order valence-corrected chi connectivity index (χ0v) is 12.7. The van der Waals surface area contributed by atoms with Gasteiger partial charge in [0.1, 0.15) is 11.8 Å². The quantitative estimate of drug-likeness (QED) is 0.860. The van der Waals surface area contributed by atoms with Gasteiger partial charge in [0, 0.05) is 5.56 Å². The number of nitrogens with one attached hydrogen (secondary N) is 2. The SMILES string of the molecule is CC(C)C(NC(=O)c1ccccc1)C(=O)NCc1ccco1. The molecule has 1 unspecified atom stereocenters. The molecule has 116 valence electrons. The number of furan rings is 1. The monoisotopic (exact) mass is 300 g/mol. The van der Waals surface area contributed by atoms with Crippen LogP contribution in [0.4, 0.5) is 0 Å². The van der Waals surface area contributed by atoms with Crippen molar-refractivity contribution in [3.05, 3.63) is 60.1 Å². The second kappa shape index (κ2) is 7.45. The van der Waals surface area contributed by atoms with Crippen LogP contribution in [0.5, 0.6) is 0 Å². The molecule has 1 aromatic carbocycles. The predicted molar refractivity (Wildman–Crippen MR) is 83.1 cm³/mol. The Bertz CT molecular complexity index is 606. The summed E-state index contributed by atoms with van der Waals surface area (Å²) in [5, 5.41) is 5.56. The normalized spacial score (nSPS) is 12.0. The Morgan fingerprint density at radius 3 is 2.41 bits per heavy atom. The molecule has 1 heterocycles. The van der Waals surface area contributed by atoms with E-state index in [1.165, 1.54) is 0 Å². The van der Waals surface area contributed by atoms with Crippen LogP contribution in [-0.2, 0) is 11.3 Å². The van der Waals surface area contributed by atoms with Crippen molar-refractivity contribution in [2.24, 2.45) is 5.92 Å². The smallest absolute Gasteiger partial charge is 0.251 e. The Kier molecular flexibility index (Phi) is 5.36. The van der Waals surface area contributed by atoms with E-state index in [0.29, 0.717) is 17.9 Å². The van der Waals surface area contributed by atoms with E-state index in [-0.39, 0.29) is 17.7 Å². The first kappa shape index (κ1) is 15.8. The molecule has 22 heavy (non-hydrogen) atoms. The van der Waals surface area contributed by atoms with Gasteiger partial charge in [0.25, 0.3) is 5.91 Å². The summed E-state index contributed by atoms with van der Waals surface area (Å²) >= 11 is 0. The van der Waals surface area contributed by atoms with Crippen molar-refractivity contribution in [2.45, 2.75) is 26.4 Å². The van der Waals surface area contributed by atoms with Gasteiger partial charge in [-0.05, 0) is 30.2 Å². The minimum atomic E-state index is -0.595. The molecule has 1 atom stereocenters.